The molecule has 1 heterocycles. The van der Waals surface area contributed by atoms with Gasteiger partial charge in [-0.1, -0.05) is 48.0 Å². The number of nitrogens with zero attached hydrogens (tertiary/aromatic N) is 1. The third kappa shape index (κ3) is 4.72. The van der Waals surface area contributed by atoms with Crippen molar-refractivity contribution in [2.75, 3.05) is 14.2 Å². The zero-order valence-electron chi connectivity index (χ0n) is 18.7. The summed E-state index contributed by atoms with van der Waals surface area (Å²) < 4.78 is 12.4. The lowest BCUT2D eigenvalue weighted by molar-refractivity contribution is -0.596. The summed E-state index contributed by atoms with van der Waals surface area (Å²) in [6, 6.07) is 21.1. The highest BCUT2D eigenvalue weighted by Crippen LogP contribution is 2.28. The molecule has 168 valence electrons. The first-order valence-electron chi connectivity index (χ1n) is 10.6. The predicted molar refractivity (Wildman–Crippen MR) is 125 cm³/mol. The lowest BCUT2D eigenvalue weighted by atomic mass is 9.99. The summed E-state index contributed by atoms with van der Waals surface area (Å²) >= 11 is 0. The Balaban J connectivity index is 1.69. The van der Waals surface area contributed by atoms with Crippen molar-refractivity contribution in [2.24, 2.45) is 0 Å². The zero-order valence-corrected chi connectivity index (χ0v) is 18.7. The second-order valence-electron chi connectivity index (χ2n) is 7.80. The van der Waals surface area contributed by atoms with Crippen LogP contribution in [0.15, 0.2) is 72.8 Å². The van der Waals surface area contributed by atoms with Gasteiger partial charge in [0.1, 0.15) is 0 Å². The standard InChI is InChI=1S/C26H25N3O4/c1-17-9-12-20(13-10-17)25(30)27-23-24(19-7-5-4-6-8-19)29(28-26(23)31)16-18-11-14-21(32-2)22(15-18)33-3/h4-16,23-24H,1-3H3,(H-,27,28,30,31)/p+1/b29-16-/t23-,24-/m1/s1. The van der Waals surface area contributed by atoms with E-state index in [1.54, 1.807) is 37.1 Å². The smallest absolute Gasteiger partial charge is 0.304 e. The van der Waals surface area contributed by atoms with E-state index in [4.69, 9.17) is 9.47 Å². The van der Waals surface area contributed by atoms with E-state index in [0.717, 1.165) is 16.7 Å². The van der Waals surface area contributed by atoms with Crippen LogP contribution < -0.4 is 20.2 Å². The number of hydrogen-bond donors (Lipinski definition) is 2. The maximum absolute atomic E-state index is 13.0. The molecule has 0 aliphatic carbocycles. The summed E-state index contributed by atoms with van der Waals surface area (Å²) in [6.45, 7) is 1.96. The highest BCUT2D eigenvalue weighted by Gasteiger charge is 2.47. The first-order chi connectivity index (χ1) is 16.0. The monoisotopic (exact) mass is 444 g/mol. The van der Waals surface area contributed by atoms with E-state index in [1.165, 1.54) is 0 Å². The Morgan fingerprint density at radius 3 is 2.33 bits per heavy atom. The number of methoxy groups -OCH3 is 2. The Morgan fingerprint density at radius 2 is 1.67 bits per heavy atom. The fourth-order valence-corrected chi connectivity index (χ4v) is 3.85. The second-order valence-corrected chi connectivity index (χ2v) is 7.80. The molecule has 1 fully saturated rings. The van der Waals surface area contributed by atoms with E-state index in [-0.39, 0.29) is 11.8 Å². The van der Waals surface area contributed by atoms with Crippen LogP contribution in [-0.2, 0) is 4.79 Å². The number of benzene rings is 3. The van der Waals surface area contributed by atoms with Crippen LogP contribution in [0.25, 0.3) is 0 Å². The summed E-state index contributed by atoms with van der Waals surface area (Å²) in [5.41, 5.74) is 6.14. The van der Waals surface area contributed by atoms with Gasteiger partial charge in [0.15, 0.2) is 17.5 Å². The van der Waals surface area contributed by atoms with Crippen LogP contribution in [0, 0.1) is 6.92 Å². The molecular weight excluding hydrogens is 418 g/mol. The summed E-state index contributed by atoms with van der Waals surface area (Å²) in [6.07, 6.45) is 1.82. The Morgan fingerprint density at radius 1 is 0.970 bits per heavy atom. The maximum atomic E-state index is 13.0. The predicted octanol–water partition coefficient (Wildman–Crippen LogP) is 3.03. The maximum Gasteiger partial charge on any atom is 0.304 e. The molecule has 3 aromatic rings. The van der Waals surface area contributed by atoms with Gasteiger partial charge in [0, 0.05) is 16.7 Å². The second kappa shape index (κ2) is 9.56. The van der Waals surface area contributed by atoms with Crippen LogP contribution in [0.1, 0.15) is 33.1 Å². The fraction of sp³-hybridized carbons (Fsp3) is 0.192. The minimum atomic E-state index is -0.780. The third-order valence-electron chi connectivity index (χ3n) is 5.57. The quantitative estimate of drug-likeness (QED) is 0.573. The molecular formula is C26H26N3O4+. The summed E-state index contributed by atoms with van der Waals surface area (Å²) in [5, 5.41) is 2.91. The van der Waals surface area contributed by atoms with E-state index >= 15 is 0 Å². The first kappa shape index (κ1) is 22.1. The number of carbonyl (C=O) groups is 2. The average Bonchev–Trinajstić information content (AvgIpc) is 3.14. The van der Waals surface area contributed by atoms with Crippen LogP contribution in [0.5, 0.6) is 11.5 Å². The number of aryl methyl sites for hydroxylation is 1. The van der Waals surface area contributed by atoms with Crippen LogP contribution in [0.3, 0.4) is 0 Å². The van der Waals surface area contributed by atoms with Gasteiger partial charge >= 0.3 is 5.91 Å². The summed E-state index contributed by atoms with van der Waals surface area (Å²) in [7, 11) is 3.15. The molecule has 1 aliphatic rings. The molecule has 0 saturated carbocycles. The van der Waals surface area contributed by atoms with Gasteiger partial charge in [-0.2, -0.15) is 0 Å². The Kier molecular flexibility index (Phi) is 6.40. The number of hydrazone groups is 1. The Labute approximate surface area is 192 Å². The van der Waals surface area contributed by atoms with Gasteiger partial charge in [-0.15, -0.1) is 10.1 Å². The minimum Gasteiger partial charge on any atom is -0.493 e. The van der Waals surface area contributed by atoms with Gasteiger partial charge < -0.3 is 14.8 Å². The molecule has 2 N–H and O–H groups in total. The molecule has 0 bridgehead atoms. The molecule has 2 amide bonds. The van der Waals surface area contributed by atoms with E-state index in [9.17, 15) is 9.59 Å². The molecule has 0 spiro atoms. The first-order valence-corrected chi connectivity index (χ1v) is 10.6. The molecule has 2 atom stereocenters. The van der Waals surface area contributed by atoms with Gasteiger partial charge in [0.2, 0.25) is 12.3 Å². The highest BCUT2D eigenvalue weighted by molar-refractivity contribution is 5.98. The number of carbonyl (C=O) groups excluding carboxylic acids is 2. The minimum absolute atomic E-state index is 0.291. The van der Waals surface area contributed by atoms with Crippen LogP contribution >= 0.6 is 0 Å². The molecule has 3 aromatic carbocycles. The van der Waals surface area contributed by atoms with Gasteiger partial charge in [0.05, 0.1) is 14.2 Å². The zero-order chi connectivity index (χ0) is 23.4. The molecule has 0 unspecified atom stereocenters. The number of nitrogens with one attached hydrogen (secondary N) is 2. The van der Waals surface area contributed by atoms with Crippen molar-refractivity contribution in [2.45, 2.75) is 19.0 Å². The van der Waals surface area contributed by atoms with Crippen LogP contribution in [-0.4, -0.2) is 43.0 Å². The Hall–Kier alpha value is -4.13. The summed E-state index contributed by atoms with van der Waals surface area (Å²) in [5.74, 6) is 0.602. The van der Waals surface area contributed by atoms with E-state index < -0.39 is 12.1 Å². The largest absolute Gasteiger partial charge is 0.493 e. The molecule has 4 rings (SSSR count). The molecule has 33 heavy (non-hydrogen) atoms. The van der Waals surface area contributed by atoms with Crippen LogP contribution in [0.4, 0.5) is 0 Å². The van der Waals surface area contributed by atoms with E-state index in [1.807, 2.05) is 67.7 Å². The fourth-order valence-electron chi connectivity index (χ4n) is 3.85. The average molecular weight is 445 g/mol. The molecule has 1 saturated heterocycles. The summed E-state index contributed by atoms with van der Waals surface area (Å²) in [4.78, 5) is 25.9. The lowest BCUT2D eigenvalue weighted by Gasteiger charge is -2.15. The van der Waals surface area contributed by atoms with Crippen molar-refractivity contribution >= 4 is 18.0 Å². The van der Waals surface area contributed by atoms with Gasteiger partial charge in [-0.25, -0.2) is 0 Å². The van der Waals surface area contributed by atoms with Crippen molar-refractivity contribution in [3.05, 3.63) is 95.1 Å². The van der Waals surface area contributed by atoms with Crippen molar-refractivity contribution in [1.82, 2.24) is 10.7 Å². The van der Waals surface area contributed by atoms with Crippen LogP contribution in [0.2, 0.25) is 0 Å². The van der Waals surface area contributed by atoms with Crippen molar-refractivity contribution in [1.29, 1.82) is 0 Å². The molecule has 0 aromatic heterocycles. The Bertz CT molecular complexity index is 1190. The van der Waals surface area contributed by atoms with Crippen molar-refractivity contribution in [3.8, 4) is 11.5 Å². The normalized spacial score (nSPS) is 18.6. The van der Waals surface area contributed by atoms with Crippen molar-refractivity contribution < 1.29 is 23.7 Å². The number of hydrazine groups is 1. The van der Waals surface area contributed by atoms with E-state index in [0.29, 0.717) is 17.1 Å². The van der Waals surface area contributed by atoms with Gasteiger partial charge in [-0.05, 0) is 37.3 Å². The number of rotatable bonds is 6. The molecule has 7 heteroatoms. The number of amides is 2. The van der Waals surface area contributed by atoms with Crippen molar-refractivity contribution in [3.63, 3.8) is 0 Å². The number of hydrogen-bond acceptors (Lipinski definition) is 4. The SMILES string of the molecule is COc1ccc(/C=[N+]2\NC(=O)[C@H](NC(=O)c3ccc(C)cc3)[C@H]2c2ccccc2)cc1OC. The molecule has 7 nitrogen and oxygen atoms in total. The topological polar surface area (TPSA) is 79.7 Å². The highest BCUT2D eigenvalue weighted by atomic mass is 16.5. The lowest BCUT2D eigenvalue weighted by Crippen LogP contribution is -2.42. The molecule has 1 aliphatic heterocycles. The third-order valence-corrected chi connectivity index (χ3v) is 5.57. The van der Waals surface area contributed by atoms with Gasteiger partial charge in [-0.3, -0.25) is 9.59 Å². The number of ether oxygens (including phenoxy) is 2. The van der Waals surface area contributed by atoms with Gasteiger partial charge in [0.25, 0.3) is 5.91 Å². The van der Waals surface area contributed by atoms with E-state index in [2.05, 4.69) is 10.7 Å². The molecule has 0 radical (unpaired) electrons.